The molecule has 0 fully saturated rings. The van der Waals surface area contributed by atoms with Crippen LogP contribution in [0.25, 0.3) is 11.1 Å². The lowest BCUT2D eigenvalue weighted by Crippen LogP contribution is -2.30. The first kappa shape index (κ1) is 39.3. The second-order valence-electron chi connectivity index (χ2n) is 12.8. The zero-order chi connectivity index (χ0) is 36.8. The average molecular weight is 723 g/mol. The topological polar surface area (TPSA) is 80.3 Å². The van der Waals surface area contributed by atoms with Crippen LogP contribution in [-0.4, -0.2) is 42.8 Å². The Hall–Kier alpha value is -5.89. The van der Waals surface area contributed by atoms with Crippen molar-refractivity contribution < 1.29 is 24.1 Å². The molecule has 0 aliphatic heterocycles. The molecular formula is C47H50N2O5. The van der Waals surface area contributed by atoms with E-state index in [0.717, 1.165) is 52.3 Å². The Bertz CT molecular complexity index is 2040. The molecule has 54 heavy (non-hydrogen) atoms. The molecule has 6 aromatic rings. The molecule has 0 unspecified atom stereocenters. The molecular weight excluding hydrogens is 673 g/mol. The Morgan fingerprint density at radius 2 is 1.33 bits per heavy atom. The van der Waals surface area contributed by atoms with Crippen LogP contribution in [-0.2, 0) is 24.3 Å². The number of carbonyl (C=O) groups excluding carboxylic acids is 1. The summed E-state index contributed by atoms with van der Waals surface area (Å²) in [6.07, 6.45) is -0.0486. The van der Waals surface area contributed by atoms with Gasteiger partial charge in [0, 0.05) is 36.6 Å². The lowest BCUT2D eigenvalue weighted by Gasteiger charge is -2.26. The van der Waals surface area contributed by atoms with Gasteiger partial charge in [0.25, 0.3) is 0 Å². The van der Waals surface area contributed by atoms with Crippen molar-refractivity contribution in [1.29, 1.82) is 0 Å². The molecule has 0 spiro atoms. The van der Waals surface area contributed by atoms with Crippen molar-refractivity contribution in [3.63, 3.8) is 0 Å². The van der Waals surface area contributed by atoms with Crippen molar-refractivity contribution in [3.8, 4) is 22.6 Å². The molecule has 0 saturated carbocycles. The fraction of sp³-hybridized carbons (Fsp3) is 0.213. The van der Waals surface area contributed by atoms with Crippen LogP contribution in [0.15, 0.2) is 152 Å². The minimum absolute atomic E-state index is 0. The van der Waals surface area contributed by atoms with E-state index in [0.29, 0.717) is 37.6 Å². The molecule has 6 aromatic carbocycles. The van der Waals surface area contributed by atoms with Crippen LogP contribution in [0.5, 0.6) is 11.5 Å². The van der Waals surface area contributed by atoms with Gasteiger partial charge in [0.05, 0.1) is 19.8 Å². The van der Waals surface area contributed by atoms with Gasteiger partial charge >= 0.3 is 5.97 Å². The van der Waals surface area contributed by atoms with Crippen molar-refractivity contribution >= 4 is 17.3 Å². The third-order valence-electron chi connectivity index (χ3n) is 9.03. The molecule has 0 bridgehead atoms. The van der Waals surface area contributed by atoms with Gasteiger partial charge in [-0.1, -0.05) is 117 Å². The first-order chi connectivity index (χ1) is 26.0. The number of benzene rings is 6. The number of hydrogen-bond donors (Lipinski definition) is 2. The molecule has 0 aromatic heterocycles. The van der Waals surface area contributed by atoms with Crippen molar-refractivity contribution in [2.24, 2.45) is 0 Å². The highest BCUT2D eigenvalue weighted by atomic mass is 16.5. The summed E-state index contributed by atoms with van der Waals surface area (Å²) < 4.78 is 17.0. The molecule has 0 heterocycles. The van der Waals surface area contributed by atoms with Crippen molar-refractivity contribution in [1.82, 2.24) is 4.90 Å². The summed E-state index contributed by atoms with van der Waals surface area (Å²) in [5.41, 5.74) is 8.36. The zero-order valence-corrected chi connectivity index (χ0v) is 30.3. The number of nitrogens with one attached hydrogen (secondary N) is 1. The van der Waals surface area contributed by atoms with E-state index in [-0.39, 0.29) is 13.0 Å². The quantitative estimate of drug-likeness (QED) is 0.0908. The molecule has 278 valence electrons. The molecule has 7 heteroatoms. The minimum Gasteiger partial charge on any atom is -0.493 e. The highest BCUT2D eigenvalue weighted by molar-refractivity contribution is 5.92. The van der Waals surface area contributed by atoms with Crippen LogP contribution in [0.3, 0.4) is 0 Å². The monoisotopic (exact) mass is 722 g/mol. The summed E-state index contributed by atoms with van der Waals surface area (Å²) in [5, 5.41) is 15.1. The standard InChI is InChI=1S/C46H46N2O5.CH4/c1-3-52-44-26-24-40(30-41(44)37-17-11-6-12-18-37)47-39-22-19-34(20-23-39)27-28-48(31-35-13-7-4-8-14-35)32-43(49)38-21-25-45(42(29-38)46(50)51-2)53-33-36-15-9-5-10-16-36;/h4-26,29-30,43,47,49H,3,27-28,31-33H2,1-2H3;1H4/t43-;/m0./s1. The molecule has 1 atom stereocenters. The van der Waals surface area contributed by atoms with E-state index < -0.39 is 12.1 Å². The van der Waals surface area contributed by atoms with Crippen LogP contribution in [0.4, 0.5) is 11.4 Å². The maximum Gasteiger partial charge on any atom is 0.341 e. The van der Waals surface area contributed by atoms with Crippen LogP contribution in [0.1, 0.15) is 53.1 Å². The molecule has 0 aliphatic rings. The van der Waals surface area contributed by atoms with E-state index in [9.17, 15) is 9.90 Å². The fourth-order valence-corrected chi connectivity index (χ4v) is 6.25. The number of rotatable bonds is 17. The van der Waals surface area contributed by atoms with Gasteiger partial charge in [0.2, 0.25) is 0 Å². The Morgan fingerprint density at radius 3 is 2.00 bits per heavy atom. The number of methoxy groups -OCH3 is 1. The summed E-state index contributed by atoms with van der Waals surface area (Å²) in [6.45, 7) is 4.67. The Labute approximate surface area is 319 Å². The number of carbonyl (C=O) groups is 1. The van der Waals surface area contributed by atoms with E-state index in [1.807, 2.05) is 91.9 Å². The summed E-state index contributed by atoms with van der Waals surface area (Å²) in [4.78, 5) is 15.0. The van der Waals surface area contributed by atoms with Crippen LogP contribution < -0.4 is 14.8 Å². The smallest absolute Gasteiger partial charge is 0.341 e. The summed E-state index contributed by atoms with van der Waals surface area (Å²) in [5.74, 6) is 0.758. The van der Waals surface area contributed by atoms with Gasteiger partial charge in [-0.3, -0.25) is 4.90 Å². The number of aliphatic hydroxyl groups is 1. The van der Waals surface area contributed by atoms with Gasteiger partial charge in [0.15, 0.2) is 0 Å². The van der Waals surface area contributed by atoms with Crippen LogP contribution in [0.2, 0.25) is 0 Å². The second kappa shape index (κ2) is 19.8. The largest absolute Gasteiger partial charge is 0.493 e. The van der Waals surface area contributed by atoms with E-state index in [4.69, 9.17) is 14.2 Å². The first-order valence-electron chi connectivity index (χ1n) is 18.0. The zero-order valence-electron chi connectivity index (χ0n) is 30.3. The van der Waals surface area contributed by atoms with Gasteiger partial charge in [-0.05, 0) is 83.6 Å². The molecule has 0 aliphatic carbocycles. The lowest BCUT2D eigenvalue weighted by molar-refractivity contribution is 0.0594. The van der Waals surface area contributed by atoms with Gasteiger partial charge < -0.3 is 24.6 Å². The number of esters is 1. The third-order valence-corrected chi connectivity index (χ3v) is 9.03. The number of anilines is 2. The average Bonchev–Trinajstić information content (AvgIpc) is 3.21. The Morgan fingerprint density at radius 1 is 0.704 bits per heavy atom. The number of hydrogen-bond acceptors (Lipinski definition) is 7. The van der Waals surface area contributed by atoms with Gasteiger partial charge in [-0.15, -0.1) is 0 Å². The summed E-state index contributed by atoms with van der Waals surface area (Å²) in [7, 11) is 1.35. The molecule has 0 radical (unpaired) electrons. The number of ether oxygens (including phenoxy) is 3. The number of aliphatic hydroxyl groups excluding tert-OH is 1. The first-order valence-corrected chi connectivity index (χ1v) is 18.0. The maximum absolute atomic E-state index is 12.8. The Balaban J connectivity index is 0.00000561. The van der Waals surface area contributed by atoms with E-state index in [2.05, 4.69) is 64.8 Å². The number of nitrogens with zero attached hydrogens (tertiary/aromatic N) is 1. The highest BCUT2D eigenvalue weighted by Gasteiger charge is 2.20. The molecule has 0 amide bonds. The third kappa shape index (κ3) is 10.8. The van der Waals surface area contributed by atoms with Crippen LogP contribution in [0, 0.1) is 0 Å². The van der Waals surface area contributed by atoms with E-state index in [1.165, 1.54) is 12.7 Å². The second-order valence-corrected chi connectivity index (χ2v) is 12.8. The van der Waals surface area contributed by atoms with Crippen molar-refractivity contribution in [3.05, 3.63) is 179 Å². The van der Waals surface area contributed by atoms with Crippen LogP contribution >= 0.6 is 0 Å². The van der Waals surface area contributed by atoms with Gasteiger partial charge in [-0.2, -0.15) is 0 Å². The minimum atomic E-state index is -0.841. The SMILES string of the molecule is C.CCOc1ccc(Nc2ccc(CCN(Cc3ccccc3)C[C@H](O)c3ccc(OCc4ccccc4)c(C(=O)OC)c3)cc2)cc1-c1ccccc1. The summed E-state index contributed by atoms with van der Waals surface area (Å²) in [6, 6.07) is 50.2. The van der Waals surface area contributed by atoms with Crippen molar-refractivity contribution in [2.75, 3.05) is 32.1 Å². The van der Waals surface area contributed by atoms with Gasteiger partial charge in [-0.25, -0.2) is 4.79 Å². The maximum atomic E-state index is 12.8. The molecule has 0 saturated heterocycles. The van der Waals surface area contributed by atoms with E-state index in [1.54, 1.807) is 12.1 Å². The molecule has 7 nitrogen and oxygen atoms in total. The van der Waals surface area contributed by atoms with Crippen molar-refractivity contribution in [2.45, 2.75) is 40.0 Å². The lowest BCUT2D eigenvalue weighted by atomic mass is 10.0. The predicted octanol–water partition coefficient (Wildman–Crippen LogP) is 10.3. The molecule has 6 rings (SSSR count). The Kier molecular flexibility index (Phi) is 14.4. The highest BCUT2D eigenvalue weighted by Crippen LogP contribution is 2.34. The summed E-state index contributed by atoms with van der Waals surface area (Å²) >= 11 is 0. The molecule has 2 N–H and O–H groups in total. The van der Waals surface area contributed by atoms with Gasteiger partial charge in [0.1, 0.15) is 23.7 Å². The normalized spacial score (nSPS) is 11.3. The van der Waals surface area contributed by atoms with E-state index >= 15 is 0 Å². The fourth-order valence-electron chi connectivity index (χ4n) is 6.25. The predicted molar refractivity (Wildman–Crippen MR) is 218 cm³/mol.